The number of piperidine rings is 1. The number of aromatic nitrogens is 2. The van der Waals surface area contributed by atoms with E-state index in [1.54, 1.807) is 4.68 Å². The van der Waals surface area contributed by atoms with E-state index in [2.05, 4.69) is 23.8 Å². The fourth-order valence-electron chi connectivity index (χ4n) is 3.31. The van der Waals surface area contributed by atoms with Crippen molar-refractivity contribution in [1.82, 2.24) is 14.7 Å². The minimum atomic E-state index is -0.159. The van der Waals surface area contributed by atoms with Gasteiger partial charge in [0.25, 0.3) is 0 Å². The zero-order chi connectivity index (χ0) is 18.0. The number of hydrogen-bond donors (Lipinski definition) is 0. The van der Waals surface area contributed by atoms with Crippen LogP contribution in [0.4, 0.5) is 0 Å². The smallest absolute Gasteiger partial charge is 0.236 e. The summed E-state index contributed by atoms with van der Waals surface area (Å²) in [7, 11) is 0. The molecule has 1 aromatic heterocycles. The molecule has 0 unspecified atom stereocenters. The molecule has 0 saturated carbocycles. The lowest BCUT2D eigenvalue weighted by atomic mass is 9.97. The van der Waals surface area contributed by atoms with Crippen molar-refractivity contribution >= 4 is 41.2 Å². The van der Waals surface area contributed by atoms with Gasteiger partial charge in [-0.3, -0.25) is 4.79 Å². The fourth-order valence-corrected chi connectivity index (χ4v) is 5.87. The van der Waals surface area contributed by atoms with E-state index in [0.29, 0.717) is 16.0 Å². The van der Waals surface area contributed by atoms with Crippen LogP contribution in [0.1, 0.15) is 40.0 Å². The van der Waals surface area contributed by atoms with Crippen LogP contribution in [0.2, 0.25) is 0 Å². The summed E-state index contributed by atoms with van der Waals surface area (Å²) in [6, 6.07) is 10.5. The largest absolute Gasteiger partial charge is 0.336 e. The normalized spacial score (nSPS) is 22.0. The van der Waals surface area contributed by atoms with Crippen molar-refractivity contribution in [1.29, 1.82) is 0 Å². The molecule has 0 radical (unpaired) electrons. The van der Waals surface area contributed by atoms with Gasteiger partial charge in [0.1, 0.15) is 0 Å². The highest BCUT2D eigenvalue weighted by atomic mass is 32.2. The van der Waals surface area contributed by atoms with Gasteiger partial charge in [0.15, 0.2) is 8.29 Å². The highest BCUT2D eigenvalue weighted by Gasteiger charge is 2.32. The number of likely N-dealkylation sites (tertiary alicyclic amines) is 1. The summed E-state index contributed by atoms with van der Waals surface area (Å²) in [6.07, 6.45) is 3.39. The van der Waals surface area contributed by atoms with E-state index in [0.717, 1.165) is 22.9 Å². The lowest BCUT2D eigenvalue weighted by Gasteiger charge is -2.40. The molecular formula is C18H23N3OS3. The van der Waals surface area contributed by atoms with Crippen LogP contribution in [0, 0.1) is 3.95 Å². The molecule has 0 bridgehead atoms. The Morgan fingerprint density at radius 2 is 1.92 bits per heavy atom. The first-order chi connectivity index (χ1) is 12.0. The molecule has 0 N–H and O–H groups in total. The highest BCUT2D eigenvalue weighted by molar-refractivity contribution is 8.02. The van der Waals surface area contributed by atoms with Crippen LogP contribution < -0.4 is 0 Å². The predicted molar refractivity (Wildman–Crippen MR) is 107 cm³/mol. The topological polar surface area (TPSA) is 38.1 Å². The number of benzene rings is 1. The summed E-state index contributed by atoms with van der Waals surface area (Å²) in [5.41, 5.74) is 0.952. The standard InChI is InChI=1S/C18H23N3OS3/c1-12-8-7-9-13(2)20(12)16(22)14(3)24-17-19-21(18(23)25-17)15-10-5-4-6-11-15/h4-6,10-14H,7-9H2,1-3H3/t12-,13+,14-/m1/s1. The Morgan fingerprint density at radius 3 is 2.56 bits per heavy atom. The maximum Gasteiger partial charge on any atom is 0.236 e. The summed E-state index contributed by atoms with van der Waals surface area (Å²) in [5, 5.41) is 4.45. The Labute approximate surface area is 162 Å². The summed E-state index contributed by atoms with van der Waals surface area (Å²) in [6.45, 7) is 6.27. The molecule has 1 fully saturated rings. The van der Waals surface area contributed by atoms with Crippen molar-refractivity contribution in [2.45, 2.75) is 61.7 Å². The van der Waals surface area contributed by atoms with E-state index in [1.807, 2.05) is 37.3 Å². The minimum absolute atomic E-state index is 0.159. The van der Waals surface area contributed by atoms with Crippen LogP contribution in [0.5, 0.6) is 0 Å². The molecule has 1 amide bonds. The summed E-state index contributed by atoms with van der Waals surface area (Å²) >= 11 is 8.42. The Bertz CT molecular complexity index is 776. The predicted octanol–water partition coefficient (Wildman–Crippen LogP) is 4.93. The molecule has 1 aromatic carbocycles. The van der Waals surface area contributed by atoms with Crippen LogP contribution in [0.3, 0.4) is 0 Å². The van der Waals surface area contributed by atoms with Gasteiger partial charge in [0, 0.05) is 12.1 Å². The molecule has 2 aromatic rings. The van der Waals surface area contributed by atoms with Gasteiger partial charge in [0.05, 0.1) is 10.9 Å². The van der Waals surface area contributed by atoms with Crippen molar-refractivity contribution in [2.75, 3.05) is 0 Å². The number of thioether (sulfide) groups is 1. The van der Waals surface area contributed by atoms with Crippen LogP contribution in [0.15, 0.2) is 34.7 Å². The molecular weight excluding hydrogens is 370 g/mol. The van der Waals surface area contributed by atoms with Crippen molar-refractivity contribution in [3.05, 3.63) is 34.3 Å². The number of amides is 1. The van der Waals surface area contributed by atoms with E-state index in [9.17, 15) is 4.79 Å². The van der Waals surface area contributed by atoms with E-state index in [-0.39, 0.29) is 11.2 Å². The molecule has 3 rings (SSSR count). The monoisotopic (exact) mass is 393 g/mol. The average Bonchev–Trinajstić information content (AvgIpc) is 2.95. The Morgan fingerprint density at radius 1 is 1.28 bits per heavy atom. The second-order valence-electron chi connectivity index (χ2n) is 6.52. The number of hydrogen-bond acceptors (Lipinski definition) is 5. The highest BCUT2D eigenvalue weighted by Crippen LogP contribution is 2.31. The van der Waals surface area contributed by atoms with Gasteiger partial charge >= 0.3 is 0 Å². The minimum Gasteiger partial charge on any atom is -0.336 e. The van der Waals surface area contributed by atoms with E-state index in [4.69, 9.17) is 12.2 Å². The van der Waals surface area contributed by atoms with Crippen LogP contribution >= 0.6 is 35.3 Å². The fraction of sp³-hybridized carbons (Fsp3) is 0.500. The molecule has 3 atom stereocenters. The zero-order valence-electron chi connectivity index (χ0n) is 14.7. The van der Waals surface area contributed by atoms with E-state index in [1.165, 1.54) is 29.5 Å². The van der Waals surface area contributed by atoms with Crippen molar-refractivity contribution in [2.24, 2.45) is 0 Å². The zero-order valence-corrected chi connectivity index (χ0v) is 17.2. The maximum absolute atomic E-state index is 12.9. The lowest BCUT2D eigenvalue weighted by molar-refractivity contribution is -0.136. The summed E-state index contributed by atoms with van der Waals surface area (Å²) in [5.74, 6) is 0.206. The van der Waals surface area contributed by atoms with Crippen LogP contribution in [-0.4, -0.2) is 37.9 Å². The van der Waals surface area contributed by atoms with Gasteiger partial charge in [-0.05, 0) is 64.4 Å². The Hall–Kier alpha value is -1.18. The molecule has 2 heterocycles. The number of carbonyl (C=O) groups excluding carboxylic acids is 1. The second kappa shape index (κ2) is 8.01. The SMILES string of the molecule is C[C@@H]1CCC[C@H](C)N1C(=O)[C@@H](C)Sc1nn(-c2ccccc2)c(=S)s1. The van der Waals surface area contributed by atoms with Crippen LogP contribution in [-0.2, 0) is 4.79 Å². The quantitative estimate of drug-likeness (QED) is 0.545. The summed E-state index contributed by atoms with van der Waals surface area (Å²) < 4.78 is 3.31. The van der Waals surface area contributed by atoms with Gasteiger partial charge < -0.3 is 4.90 Å². The average molecular weight is 394 g/mol. The molecule has 1 saturated heterocycles. The van der Waals surface area contributed by atoms with Crippen molar-refractivity contribution < 1.29 is 4.79 Å². The third-order valence-corrected chi connectivity index (χ3v) is 7.01. The molecule has 4 nitrogen and oxygen atoms in total. The molecule has 134 valence electrons. The number of rotatable bonds is 4. The van der Waals surface area contributed by atoms with E-state index < -0.39 is 0 Å². The van der Waals surface area contributed by atoms with Gasteiger partial charge in [0.2, 0.25) is 5.91 Å². The molecule has 7 heteroatoms. The van der Waals surface area contributed by atoms with Crippen molar-refractivity contribution in [3.63, 3.8) is 0 Å². The van der Waals surface area contributed by atoms with E-state index >= 15 is 0 Å². The van der Waals surface area contributed by atoms with Gasteiger partial charge in [-0.25, -0.2) is 4.68 Å². The third kappa shape index (κ3) is 4.15. The Balaban J connectivity index is 1.74. The molecule has 1 aliphatic rings. The first-order valence-electron chi connectivity index (χ1n) is 8.62. The number of carbonyl (C=O) groups is 1. The van der Waals surface area contributed by atoms with Gasteiger partial charge in [-0.2, -0.15) is 0 Å². The van der Waals surface area contributed by atoms with Gasteiger partial charge in [-0.15, -0.1) is 5.10 Å². The van der Waals surface area contributed by atoms with Gasteiger partial charge in [-0.1, -0.05) is 41.3 Å². The molecule has 0 spiro atoms. The first kappa shape index (κ1) is 18.6. The maximum atomic E-state index is 12.9. The first-order valence-corrected chi connectivity index (χ1v) is 10.7. The van der Waals surface area contributed by atoms with Crippen molar-refractivity contribution in [3.8, 4) is 5.69 Å². The molecule has 25 heavy (non-hydrogen) atoms. The number of nitrogens with zero attached hydrogens (tertiary/aromatic N) is 3. The second-order valence-corrected chi connectivity index (χ2v) is 9.73. The molecule has 1 aliphatic heterocycles. The number of para-hydroxylation sites is 1. The summed E-state index contributed by atoms with van der Waals surface area (Å²) in [4.78, 5) is 15.0. The van der Waals surface area contributed by atoms with Crippen LogP contribution in [0.25, 0.3) is 5.69 Å². The Kier molecular flexibility index (Phi) is 5.96. The molecule has 0 aliphatic carbocycles. The third-order valence-electron chi connectivity index (χ3n) is 4.60. The lowest BCUT2D eigenvalue weighted by Crippen LogP contribution is -2.50.